The van der Waals surface area contributed by atoms with E-state index in [2.05, 4.69) is 4.98 Å². The Bertz CT molecular complexity index is 1480. The molecule has 0 unspecified atom stereocenters. The zero-order valence-electron chi connectivity index (χ0n) is 18.2. The van der Waals surface area contributed by atoms with Crippen LogP contribution in [0.5, 0.6) is 11.5 Å². The number of methoxy groups -OCH3 is 1. The van der Waals surface area contributed by atoms with Crippen LogP contribution in [-0.4, -0.2) is 34.1 Å². The van der Waals surface area contributed by atoms with Crippen LogP contribution in [0.1, 0.15) is 46.3 Å². The number of benzene rings is 2. The number of carbonyl (C=O) groups excluding carboxylic acids is 2. The summed E-state index contributed by atoms with van der Waals surface area (Å²) >= 11 is 0. The first-order valence-corrected chi connectivity index (χ1v) is 10.2. The fourth-order valence-electron chi connectivity index (χ4n) is 4.26. The quantitative estimate of drug-likeness (QED) is 0.267. The molecule has 33 heavy (non-hydrogen) atoms. The van der Waals surface area contributed by atoms with Crippen LogP contribution < -0.4 is 5.63 Å². The number of rotatable bonds is 5. The zero-order chi connectivity index (χ0) is 23.9. The van der Waals surface area contributed by atoms with Gasteiger partial charge < -0.3 is 19.4 Å². The van der Waals surface area contributed by atoms with Crippen molar-refractivity contribution in [1.29, 1.82) is 0 Å². The molecule has 0 aliphatic carbocycles. The highest BCUT2D eigenvalue weighted by Crippen LogP contribution is 2.47. The highest BCUT2D eigenvalue weighted by Gasteiger charge is 2.32. The van der Waals surface area contributed by atoms with Crippen molar-refractivity contribution in [2.45, 2.75) is 26.2 Å². The van der Waals surface area contributed by atoms with Gasteiger partial charge in [-0.25, -0.2) is 4.79 Å². The predicted molar refractivity (Wildman–Crippen MR) is 121 cm³/mol. The number of carbonyl (C=O) groups is 2. The molecule has 2 N–H and O–H groups in total. The summed E-state index contributed by atoms with van der Waals surface area (Å²) in [5.41, 5.74) is 0.365. The molecule has 0 fully saturated rings. The topological polar surface area (TPSA) is 127 Å². The van der Waals surface area contributed by atoms with E-state index < -0.39 is 34.8 Å². The van der Waals surface area contributed by atoms with Gasteiger partial charge in [-0.05, 0) is 31.0 Å². The van der Waals surface area contributed by atoms with E-state index in [9.17, 15) is 24.6 Å². The van der Waals surface area contributed by atoms with E-state index in [-0.39, 0.29) is 28.5 Å². The minimum absolute atomic E-state index is 0.0253. The third-order valence-corrected chi connectivity index (χ3v) is 5.71. The maximum atomic E-state index is 12.4. The number of phenolic OH excluding ortho intramolecular Hbond substituents is 2. The van der Waals surface area contributed by atoms with Crippen LogP contribution in [-0.2, 0) is 9.53 Å². The van der Waals surface area contributed by atoms with Crippen molar-refractivity contribution >= 4 is 33.6 Å². The number of phenols is 2. The predicted octanol–water partition coefficient (Wildman–Crippen LogP) is 3.96. The molecule has 8 nitrogen and oxygen atoms in total. The second-order valence-electron chi connectivity index (χ2n) is 7.75. The number of hydrogen-bond acceptors (Lipinski definition) is 8. The van der Waals surface area contributed by atoms with E-state index in [4.69, 9.17) is 9.15 Å². The minimum Gasteiger partial charge on any atom is -0.507 e. The van der Waals surface area contributed by atoms with Crippen molar-refractivity contribution in [2.24, 2.45) is 0 Å². The lowest BCUT2D eigenvalue weighted by Gasteiger charge is -2.22. The lowest BCUT2D eigenvalue weighted by molar-refractivity contribution is -0.140. The first-order valence-electron chi connectivity index (χ1n) is 10.2. The Kier molecular flexibility index (Phi) is 5.59. The van der Waals surface area contributed by atoms with Gasteiger partial charge in [0.15, 0.2) is 5.78 Å². The standard InChI is InChI=1S/C25H21NO7/c1-12-10-18(29)33-25-19(12)23(30)20(13(2)27)24(31)21(25)16(11-17(28)32-3)15-8-4-6-14-7-5-9-26-22(14)15/h4-10,16,30-31H,11H2,1-3H3/t16-/m1/s1. The summed E-state index contributed by atoms with van der Waals surface area (Å²) in [5, 5.41) is 22.9. The summed E-state index contributed by atoms with van der Waals surface area (Å²) < 4.78 is 10.3. The normalized spacial score (nSPS) is 12.1. The van der Waals surface area contributed by atoms with Gasteiger partial charge in [0, 0.05) is 29.1 Å². The van der Waals surface area contributed by atoms with E-state index in [1.54, 1.807) is 31.3 Å². The highest BCUT2D eigenvalue weighted by molar-refractivity contribution is 6.07. The largest absolute Gasteiger partial charge is 0.507 e. The number of para-hydroxylation sites is 1. The first-order chi connectivity index (χ1) is 15.7. The second-order valence-corrected chi connectivity index (χ2v) is 7.75. The Morgan fingerprint density at radius 2 is 1.88 bits per heavy atom. The molecular weight excluding hydrogens is 426 g/mol. The van der Waals surface area contributed by atoms with Gasteiger partial charge in [0.25, 0.3) is 0 Å². The summed E-state index contributed by atoms with van der Waals surface area (Å²) in [6.45, 7) is 2.78. The lowest BCUT2D eigenvalue weighted by Crippen LogP contribution is -2.14. The molecule has 2 heterocycles. The molecule has 0 aliphatic heterocycles. The van der Waals surface area contributed by atoms with Gasteiger partial charge in [-0.3, -0.25) is 14.6 Å². The number of nitrogens with zero attached hydrogens (tertiary/aromatic N) is 1. The van der Waals surface area contributed by atoms with Gasteiger partial charge in [-0.1, -0.05) is 24.3 Å². The first kappa shape index (κ1) is 22.0. The third kappa shape index (κ3) is 3.69. The molecular formula is C25H21NO7. The van der Waals surface area contributed by atoms with E-state index in [0.29, 0.717) is 16.6 Å². The fourth-order valence-corrected chi connectivity index (χ4v) is 4.26. The maximum Gasteiger partial charge on any atom is 0.336 e. The number of aromatic nitrogens is 1. The third-order valence-electron chi connectivity index (χ3n) is 5.71. The van der Waals surface area contributed by atoms with Crippen LogP contribution in [0.2, 0.25) is 0 Å². The van der Waals surface area contributed by atoms with Gasteiger partial charge in [-0.2, -0.15) is 0 Å². The molecule has 8 heteroatoms. The van der Waals surface area contributed by atoms with Crippen molar-refractivity contribution in [3.05, 3.63) is 75.3 Å². The van der Waals surface area contributed by atoms with Gasteiger partial charge in [0.1, 0.15) is 22.6 Å². The number of ketones is 1. The monoisotopic (exact) mass is 447 g/mol. The van der Waals surface area contributed by atoms with Crippen LogP contribution in [0.25, 0.3) is 21.9 Å². The number of esters is 1. The molecule has 0 spiro atoms. The number of hydrogen-bond donors (Lipinski definition) is 2. The molecule has 4 aromatic rings. The molecule has 2 aromatic heterocycles. The summed E-state index contributed by atoms with van der Waals surface area (Å²) in [7, 11) is 1.24. The molecule has 0 bridgehead atoms. The Balaban J connectivity index is 2.19. The SMILES string of the molecule is COC(=O)C[C@H](c1cccc2cccnc12)c1c(O)c(C(C)=O)c(O)c2c(C)cc(=O)oc12. The Morgan fingerprint density at radius 3 is 2.58 bits per heavy atom. The number of aryl methyl sites for hydroxylation is 1. The molecule has 0 saturated heterocycles. The molecule has 0 aliphatic rings. The van der Waals surface area contributed by atoms with Crippen LogP contribution in [0.15, 0.2) is 51.8 Å². The Labute approximate surface area is 188 Å². The number of pyridine rings is 1. The van der Waals surface area contributed by atoms with Crippen molar-refractivity contribution in [3.8, 4) is 11.5 Å². The molecule has 168 valence electrons. The van der Waals surface area contributed by atoms with Crippen molar-refractivity contribution in [3.63, 3.8) is 0 Å². The minimum atomic E-state index is -0.901. The van der Waals surface area contributed by atoms with Crippen LogP contribution >= 0.6 is 0 Å². The van der Waals surface area contributed by atoms with E-state index in [1.807, 2.05) is 12.1 Å². The molecule has 0 saturated carbocycles. The smallest absolute Gasteiger partial charge is 0.336 e. The average molecular weight is 447 g/mol. The average Bonchev–Trinajstić information content (AvgIpc) is 2.77. The molecule has 1 atom stereocenters. The van der Waals surface area contributed by atoms with Crippen LogP contribution in [0.3, 0.4) is 0 Å². The van der Waals surface area contributed by atoms with Gasteiger partial charge in [0.2, 0.25) is 0 Å². The van der Waals surface area contributed by atoms with E-state index >= 15 is 0 Å². The van der Waals surface area contributed by atoms with Gasteiger partial charge >= 0.3 is 11.6 Å². The van der Waals surface area contributed by atoms with Crippen molar-refractivity contribution in [1.82, 2.24) is 4.98 Å². The Morgan fingerprint density at radius 1 is 1.15 bits per heavy atom. The number of Topliss-reactive ketones (excluding diaryl/α,β-unsaturated/α-hetero) is 1. The van der Waals surface area contributed by atoms with Gasteiger partial charge in [0.05, 0.1) is 24.4 Å². The van der Waals surface area contributed by atoms with Crippen LogP contribution in [0.4, 0.5) is 0 Å². The second kappa shape index (κ2) is 8.38. The molecule has 2 aromatic carbocycles. The highest BCUT2D eigenvalue weighted by atomic mass is 16.5. The van der Waals surface area contributed by atoms with Crippen LogP contribution in [0, 0.1) is 6.92 Å². The number of aromatic hydroxyl groups is 2. The summed E-state index contributed by atoms with van der Waals surface area (Å²) in [5.74, 6) is -3.14. The van der Waals surface area contributed by atoms with Gasteiger partial charge in [-0.15, -0.1) is 0 Å². The van der Waals surface area contributed by atoms with Crippen molar-refractivity contribution in [2.75, 3.05) is 7.11 Å². The summed E-state index contributed by atoms with van der Waals surface area (Å²) in [4.78, 5) is 41.5. The van der Waals surface area contributed by atoms with E-state index in [1.165, 1.54) is 20.1 Å². The fraction of sp³-hybridized carbons (Fsp3) is 0.200. The number of fused-ring (bicyclic) bond motifs is 2. The maximum absolute atomic E-state index is 12.4. The summed E-state index contributed by atoms with van der Waals surface area (Å²) in [6.07, 6.45) is 1.36. The molecule has 0 amide bonds. The zero-order valence-corrected chi connectivity index (χ0v) is 18.2. The van der Waals surface area contributed by atoms with Crippen molar-refractivity contribution < 1.29 is 29.0 Å². The molecule has 0 radical (unpaired) electrons. The van der Waals surface area contributed by atoms with E-state index in [0.717, 1.165) is 5.39 Å². The number of ether oxygens (including phenoxy) is 1. The molecule has 4 rings (SSSR count). The lowest BCUT2D eigenvalue weighted by atomic mass is 9.83. The Hall–Kier alpha value is -4.20. The summed E-state index contributed by atoms with van der Waals surface area (Å²) in [6, 6.07) is 10.2.